The summed E-state index contributed by atoms with van der Waals surface area (Å²) < 4.78 is 6.14. The fourth-order valence-electron chi connectivity index (χ4n) is 4.19. The van der Waals surface area contributed by atoms with Crippen molar-refractivity contribution in [1.29, 1.82) is 0 Å². The van der Waals surface area contributed by atoms with Gasteiger partial charge in [0, 0.05) is 24.6 Å². The van der Waals surface area contributed by atoms with Gasteiger partial charge in [0.25, 0.3) is 0 Å². The molecule has 2 N–H and O–H groups in total. The number of benzene rings is 2. The van der Waals surface area contributed by atoms with Gasteiger partial charge in [-0.2, -0.15) is 0 Å². The third-order valence-corrected chi connectivity index (χ3v) is 5.57. The molecule has 1 amide bonds. The highest BCUT2D eigenvalue weighted by molar-refractivity contribution is 5.74. The number of carbonyl (C=O) groups is 1. The molecule has 5 heteroatoms. The Bertz CT molecular complexity index is 833. The van der Waals surface area contributed by atoms with Gasteiger partial charge in [-0.1, -0.05) is 36.4 Å². The van der Waals surface area contributed by atoms with E-state index in [0.717, 1.165) is 34.4 Å². The summed E-state index contributed by atoms with van der Waals surface area (Å²) in [4.78, 5) is 12.9. The summed E-state index contributed by atoms with van der Waals surface area (Å²) in [6.45, 7) is 3.44. The first-order valence-electron chi connectivity index (χ1n) is 9.06. The van der Waals surface area contributed by atoms with Crippen LogP contribution in [0.3, 0.4) is 0 Å². The molecule has 1 unspecified atom stereocenters. The van der Waals surface area contributed by atoms with Gasteiger partial charge in [-0.3, -0.25) is 0 Å². The van der Waals surface area contributed by atoms with Crippen LogP contribution in [0.1, 0.15) is 36.5 Å². The van der Waals surface area contributed by atoms with Crippen molar-refractivity contribution in [1.82, 2.24) is 4.90 Å². The van der Waals surface area contributed by atoms with Crippen LogP contribution in [-0.4, -0.2) is 40.9 Å². The summed E-state index contributed by atoms with van der Waals surface area (Å²) in [5.41, 5.74) is 3.96. The second kappa shape index (κ2) is 6.65. The largest absolute Gasteiger partial charge is 0.493 e. The Morgan fingerprint density at radius 1 is 1.23 bits per heavy atom. The van der Waals surface area contributed by atoms with Crippen LogP contribution in [0.15, 0.2) is 42.5 Å². The predicted octanol–water partition coefficient (Wildman–Crippen LogP) is 3.88. The molecular formula is C21H23NO4. The molecule has 2 aromatic carbocycles. The molecule has 26 heavy (non-hydrogen) atoms. The van der Waals surface area contributed by atoms with Crippen molar-refractivity contribution in [3.8, 4) is 16.9 Å². The van der Waals surface area contributed by atoms with Crippen LogP contribution in [-0.2, 0) is 0 Å². The lowest BCUT2D eigenvalue weighted by atomic mass is 9.85. The van der Waals surface area contributed by atoms with Gasteiger partial charge < -0.3 is 19.8 Å². The van der Waals surface area contributed by atoms with Crippen molar-refractivity contribution < 1.29 is 19.7 Å². The topological polar surface area (TPSA) is 70.0 Å². The lowest BCUT2D eigenvalue weighted by molar-refractivity contribution is 0.152. The molecule has 4 rings (SSSR count). The summed E-state index contributed by atoms with van der Waals surface area (Å²) in [7, 11) is 0. The summed E-state index contributed by atoms with van der Waals surface area (Å²) in [5.74, 6) is 1.32. The second-order valence-electron chi connectivity index (χ2n) is 7.22. The lowest BCUT2D eigenvalue weighted by Gasteiger charge is -2.19. The number of aliphatic hydroxyl groups is 1. The monoisotopic (exact) mass is 353 g/mol. The van der Waals surface area contributed by atoms with Crippen molar-refractivity contribution in [2.45, 2.75) is 25.4 Å². The van der Waals surface area contributed by atoms with E-state index >= 15 is 0 Å². The minimum absolute atomic E-state index is 0.170. The summed E-state index contributed by atoms with van der Waals surface area (Å²) in [5, 5.41) is 19.3. The molecule has 2 aromatic rings. The standard InChI is InChI=1S/C21H23NO4/c1-13(23)14-4-2-5-15(10-14)17-6-3-7-18-19-12-22(21(24)25)11-16(19)8-9-26-20(17)18/h2-7,10,13,16,19,23H,8-9,11-12H2,1H3,(H,24,25)/t13?,16-,19-/m1/s1. The molecule has 2 aliphatic rings. The summed E-state index contributed by atoms with van der Waals surface area (Å²) in [6.07, 6.45) is -0.515. The molecule has 3 atom stereocenters. The van der Waals surface area contributed by atoms with Crippen LogP contribution in [0.5, 0.6) is 5.75 Å². The van der Waals surface area contributed by atoms with Gasteiger partial charge in [-0.15, -0.1) is 0 Å². The van der Waals surface area contributed by atoms with Gasteiger partial charge in [-0.05, 0) is 42.0 Å². The quantitative estimate of drug-likeness (QED) is 0.859. The first kappa shape index (κ1) is 16.9. The fraction of sp³-hybridized carbons (Fsp3) is 0.381. The zero-order chi connectivity index (χ0) is 18.3. The van der Waals surface area contributed by atoms with Crippen LogP contribution in [0.25, 0.3) is 11.1 Å². The molecule has 5 nitrogen and oxygen atoms in total. The Kier molecular flexibility index (Phi) is 4.32. The highest BCUT2D eigenvalue weighted by Gasteiger charge is 2.39. The Labute approximate surface area is 152 Å². The number of amides is 1. The SMILES string of the molecule is CC(O)c1cccc(-c2cccc3c2OCC[C@@H]2CN(C(=O)O)C[C@@H]32)c1. The van der Waals surface area contributed by atoms with E-state index in [1.165, 1.54) is 4.90 Å². The van der Waals surface area contributed by atoms with Gasteiger partial charge in [0.15, 0.2) is 0 Å². The third-order valence-electron chi connectivity index (χ3n) is 5.57. The fourth-order valence-corrected chi connectivity index (χ4v) is 4.19. The molecular weight excluding hydrogens is 330 g/mol. The highest BCUT2D eigenvalue weighted by Crippen LogP contribution is 2.45. The number of likely N-dealkylation sites (tertiary alicyclic amines) is 1. The molecule has 2 aliphatic heterocycles. The smallest absolute Gasteiger partial charge is 0.407 e. The average Bonchev–Trinajstić information content (AvgIpc) is 2.98. The van der Waals surface area contributed by atoms with Crippen molar-refractivity contribution in [2.75, 3.05) is 19.7 Å². The maximum absolute atomic E-state index is 11.4. The maximum atomic E-state index is 11.4. The van der Waals surface area contributed by atoms with Crippen molar-refractivity contribution in [3.05, 3.63) is 53.6 Å². The number of fused-ring (bicyclic) bond motifs is 3. The molecule has 1 fully saturated rings. The first-order chi connectivity index (χ1) is 12.5. The number of para-hydroxylation sites is 1. The number of carboxylic acid groups (broad SMARTS) is 1. The molecule has 2 heterocycles. The number of hydrogen-bond acceptors (Lipinski definition) is 3. The third kappa shape index (κ3) is 2.92. The van der Waals surface area contributed by atoms with E-state index < -0.39 is 12.2 Å². The second-order valence-corrected chi connectivity index (χ2v) is 7.22. The van der Waals surface area contributed by atoms with Crippen LogP contribution in [0.2, 0.25) is 0 Å². The maximum Gasteiger partial charge on any atom is 0.407 e. The predicted molar refractivity (Wildman–Crippen MR) is 98.5 cm³/mol. The molecule has 0 aromatic heterocycles. The van der Waals surface area contributed by atoms with Crippen LogP contribution in [0.4, 0.5) is 4.79 Å². The summed E-state index contributed by atoms with van der Waals surface area (Å²) in [6, 6.07) is 14.0. The molecule has 0 spiro atoms. The minimum atomic E-state index is -0.846. The number of aliphatic hydroxyl groups excluding tert-OH is 1. The zero-order valence-electron chi connectivity index (χ0n) is 14.8. The van der Waals surface area contributed by atoms with Gasteiger partial charge in [0.2, 0.25) is 0 Å². The minimum Gasteiger partial charge on any atom is -0.493 e. The van der Waals surface area contributed by atoms with E-state index in [9.17, 15) is 15.0 Å². The lowest BCUT2D eigenvalue weighted by Crippen LogP contribution is -2.27. The highest BCUT2D eigenvalue weighted by atomic mass is 16.5. The molecule has 0 saturated carbocycles. The van der Waals surface area contributed by atoms with E-state index in [4.69, 9.17) is 4.74 Å². The van der Waals surface area contributed by atoms with E-state index in [1.54, 1.807) is 6.92 Å². The van der Waals surface area contributed by atoms with Gasteiger partial charge in [0.1, 0.15) is 5.75 Å². The Balaban J connectivity index is 1.77. The Hall–Kier alpha value is -2.53. The van der Waals surface area contributed by atoms with E-state index in [-0.39, 0.29) is 5.92 Å². The zero-order valence-corrected chi connectivity index (χ0v) is 14.8. The van der Waals surface area contributed by atoms with Crippen LogP contribution >= 0.6 is 0 Å². The number of nitrogens with zero attached hydrogens (tertiary/aromatic N) is 1. The molecule has 0 aliphatic carbocycles. The Morgan fingerprint density at radius 3 is 2.81 bits per heavy atom. The first-order valence-corrected chi connectivity index (χ1v) is 9.06. The average molecular weight is 353 g/mol. The van der Waals surface area contributed by atoms with Crippen LogP contribution in [0, 0.1) is 5.92 Å². The number of rotatable bonds is 2. The van der Waals surface area contributed by atoms with Crippen molar-refractivity contribution >= 4 is 6.09 Å². The molecule has 0 radical (unpaired) electrons. The molecule has 0 bridgehead atoms. The van der Waals surface area contributed by atoms with E-state index in [1.807, 2.05) is 36.4 Å². The normalized spacial score (nSPS) is 22.8. The molecule has 136 valence electrons. The van der Waals surface area contributed by atoms with Crippen molar-refractivity contribution in [3.63, 3.8) is 0 Å². The van der Waals surface area contributed by atoms with E-state index in [0.29, 0.717) is 25.6 Å². The summed E-state index contributed by atoms with van der Waals surface area (Å²) >= 11 is 0. The van der Waals surface area contributed by atoms with Gasteiger partial charge >= 0.3 is 6.09 Å². The van der Waals surface area contributed by atoms with E-state index in [2.05, 4.69) is 6.07 Å². The van der Waals surface area contributed by atoms with Gasteiger partial charge in [-0.25, -0.2) is 4.79 Å². The van der Waals surface area contributed by atoms with Crippen LogP contribution < -0.4 is 4.74 Å². The number of hydrogen-bond donors (Lipinski definition) is 2. The Morgan fingerprint density at radius 2 is 2.04 bits per heavy atom. The van der Waals surface area contributed by atoms with Crippen molar-refractivity contribution in [2.24, 2.45) is 5.92 Å². The number of ether oxygens (including phenoxy) is 1. The molecule has 1 saturated heterocycles. The van der Waals surface area contributed by atoms with Gasteiger partial charge in [0.05, 0.1) is 12.7 Å².